The summed E-state index contributed by atoms with van der Waals surface area (Å²) in [6.07, 6.45) is 4.92. The first kappa shape index (κ1) is 21.2. The number of hydrogen-bond donors (Lipinski definition) is 2. The van der Waals surface area contributed by atoms with E-state index in [1.54, 1.807) is 7.05 Å². The second-order valence-corrected chi connectivity index (χ2v) is 6.63. The number of nitrogens with one attached hydrogen (secondary N) is 2. The van der Waals surface area contributed by atoms with Gasteiger partial charge in [-0.05, 0) is 24.5 Å². The van der Waals surface area contributed by atoms with E-state index in [9.17, 15) is 0 Å². The van der Waals surface area contributed by atoms with Crippen molar-refractivity contribution < 1.29 is 4.52 Å². The molecule has 0 bridgehead atoms. The van der Waals surface area contributed by atoms with Gasteiger partial charge in [-0.1, -0.05) is 25.1 Å². The summed E-state index contributed by atoms with van der Waals surface area (Å²) in [4.78, 5) is 8.93. The minimum atomic E-state index is 0. The van der Waals surface area contributed by atoms with Gasteiger partial charge in [-0.25, -0.2) is 4.98 Å². The highest BCUT2D eigenvalue weighted by atomic mass is 127. The van der Waals surface area contributed by atoms with Crippen molar-refractivity contribution in [1.29, 1.82) is 0 Å². The molecular formula is C19H27IN6O. The van der Waals surface area contributed by atoms with E-state index in [1.165, 1.54) is 5.56 Å². The Morgan fingerprint density at radius 2 is 2.15 bits per heavy atom. The summed E-state index contributed by atoms with van der Waals surface area (Å²) in [5, 5.41) is 10.6. The number of aliphatic imine (C=N–C) groups is 1. The van der Waals surface area contributed by atoms with Gasteiger partial charge in [0.1, 0.15) is 5.65 Å². The van der Waals surface area contributed by atoms with Crippen LogP contribution in [0.5, 0.6) is 0 Å². The maximum absolute atomic E-state index is 5.33. The number of imidazole rings is 1. The minimum absolute atomic E-state index is 0. The summed E-state index contributed by atoms with van der Waals surface area (Å²) in [7, 11) is 1.75. The number of nitrogens with zero attached hydrogens (tertiary/aromatic N) is 4. The minimum Gasteiger partial charge on any atom is -0.359 e. The van der Waals surface area contributed by atoms with Gasteiger partial charge in [0.25, 0.3) is 0 Å². The van der Waals surface area contributed by atoms with E-state index in [2.05, 4.69) is 63.2 Å². The molecule has 0 radical (unpaired) electrons. The normalized spacial score (nSPS) is 11.7. The zero-order chi connectivity index (χ0) is 18.5. The van der Waals surface area contributed by atoms with Crippen LogP contribution in [0.1, 0.15) is 42.5 Å². The number of rotatable bonds is 6. The summed E-state index contributed by atoms with van der Waals surface area (Å²) in [5.74, 6) is 1.89. The van der Waals surface area contributed by atoms with E-state index < -0.39 is 0 Å². The first-order chi connectivity index (χ1) is 12.6. The van der Waals surface area contributed by atoms with Gasteiger partial charge >= 0.3 is 0 Å². The van der Waals surface area contributed by atoms with Gasteiger partial charge in [0, 0.05) is 38.5 Å². The maximum atomic E-state index is 5.33. The van der Waals surface area contributed by atoms with E-state index in [0.29, 0.717) is 12.5 Å². The van der Waals surface area contributed by atoms with Crippen molar-refractivity contribution in [3.05, 3.63) is 53.3 Å². The Balaban J connectivity index is 0.00000261. The first-order valence-corrected chi connectivity index (χ1v) is 8.90. The molecule has 0 fully saturated rings. The van der Waals surface area contributed by atoms with Gasteiger partial charge in [-0.2, -0.15) is 0 Å². The number of halogens is 1. The van der Waals surface area contributed by atoms with Gasteiger partial charge in [0.2, 0.25) is 0 Å². The molecule has 8 heteroatoms. The third-order valence-electron chi connectivity index (χ3n) is 4.22. The number of pyridine rings is 1. The Morgan fingerprint density at radius 3 is 2.81 bits per heavy atom. The summed E-state index contributed by atoms with van der Waals surface area (Å²) in [5.41, 5.74) is 4.21. The molecule has 146 valence electrons. The molecule has 0 saturated carbocycles. The second-order valence-electron chi connectivity index (χ2n) is 6.63. The fourth-order valence-electron chi connectivity index (χ4n) is 2.71. The SMILES string of the molecule is CN=C(NCCc1cn2cccc(C)c2n1)NCc1cc(C(C)C)no1.I. The Kier molecular flexibility index (Phi) is 7.64. The van der Waals surface area contributed by atoms with Crippen LogP contribution in [0.2, 0.25) is 0 Å². The molecular weight excluding hydrogens is 455 g/mol. The predicted octanol–water partition coefficient (Wildman–Crippen LogP) is 3.28. The predicted molar refractivity (Wildman–Crippen MR) is 118 cm³/mol. The largest absolute Gasteiger partial charge is 0.359 e. The molecule has 7 nitrogen and oxygen atoms in total. The van der Waals surface area contributed by atoms with Crippen molar-refractivity contribution in [3.63, 3.8) is 0 Å². The standard InChI is InChI=1S/C19H26N6O.HI/c1-13(2)17-10-16(26-24-17)11-22-19(20-4)21-8-7-15-12-25-9-5-6-14(3)18(25)23-15;/h5-6,9-10,12-13H,7-8,11H2,1-4H3,(H2,20,21,22);1H. The van der Waals surface area contributed by atoms with E-state index in [0.717, 1.165) is 41.7 Å². The zero-order valence-corrected chi connectivity index (χ0v) is 18.5. The summed E-state index contributed by atoms with van der Waals surface area (Å²) >= 11 is 0. The molecule has 0 amide bonds. The van der Waals surface area contributed by atoms with Gasteiger partial charge in [0.15, 0.2) is 11.7 Å². The fourth-order valence-corrected chi connectivity index (χ4v) is 2.71. The average Bonchev–Trinajstić information content (AvgIpc) is 3.25. The van der Waals surface area contributed by atoms with Crippen LogP contribution in [0.15, 0.2) is 40.1 Å². The molecule has 0 aliphatic heterocycles. The van der Waals surface area contributed by atoms with Crippen molar-refractivity contribution in [2.45, 2.75) is 39.7 Å². The van der Waals surface area contributed by atoms with E-state index in [-0.39, 0.29) is 24.0 Å². The molecule has 3 aromatic heterocycles. The monoisotopic (exact) mass is 482 g/mol. The molecule has 0 saturated heterocycles. The number of aryl methyl sites for hydroxylation is 1. The lowest BCUT2D eigenvalue weighted by Gasteiger charge is -2.09. The van der Waals surface area contributed by atoms with Crippen molar-refractivity contribution in [2.24, 2.45) is 4.99 Å². The molecule has 0 aromatic carbocycles. The highest BCUT2D eigenvalue weighted by Crippen LogP contribution is 2.13. The molecule has 0 aliphatic carbocycles. The Bertz CT molecular complexity index is 899. The maximum Gasteiger partial charge on any atom is 0.191 e. The summed E-state index contributed by atoms with van der Waals surface area (Å²) in [6.45, 7) is 7.56. The molecule has 3 aromatic rings. The Labute approximate surface area is 176 Å². The van der Waals surface area contributed by atoms with Crippen molar-refractivity contribution >= 4 is 35.6 Å². The molecule has 0 atom stereocenters. The number of fused-ring (bicyclic) bond motifs is 1. The average molecular weight is 482 g/mol. The molecule has 3 rings (SSSR count). The lowest BCUT2D eigenvalue weighted by Crippen LogP contribution is -2.37. The Morgan fingerprint density at radius 1 is 1.33 bits per heavy atom. The summed E-state index contributed by atoms with van der Waals surface area (Å²) in [6, 6.07) is 6.08. The zero-order valence-electron chi connectivity index (χ0n) is 16.2. The van der Waals surface area contributed by atoms with E-state index in [1.807, 2.05) is 18.3 Å². The number of guanidine groups is 1. The molecule has 0 spiro atoms. The van der Waals surface area contributed by atoms with Crippen LogP contribution in [-0.2, 0) is 13.0 Å². The Hall–Kier alpha value is -2.10. The lowest BCUT2D eigenvalue weighted by atomic mass is 10.1. The fraction of sp³-hybridized carbons (Fsp3) is 0.421. The van der Waals surface area contributed by atoms with E-state index >= 15 is 0 Å². The quantitative estimate of drug-likeness (QED) is 0.320. The first-order valence-electron chi connectivity index (χ1n) is 8.90. The van der Waals surface area contributed by atoms with Gasteiger partial charge < -0.3 is 19.6 Å². The van der Waals surface area contributed by atoms with Gasteiger partial charge in [0.05, 0.1) is 17.9 Å². The summed E-state index contributed by atoms with van der Waals surface area (Å²) < 4.78 is 7.39. The van der Waals surface area contributed by atoms with E-state index in [4.69, 9.17) is 4.52 Å². The second kappa shape index (κ2) is 9.72. The topological polar surface area (TPSA) is 79.8 Å². The highest BCUT2D eigenvalue weighted by Gasteiger charge is 2.08. The van der Waals surface area contributed by atoms with Crippen molar-refractivity contribution in [3.8, 4) is 0 Å². The van der Waals surface area contributed by atoms with Gasteiger partial charge in [-0.3, -0.25) is 4.99 Å². The third kappa shape index (κ3) is 5.44. The highest BCUT2D eigenvalue weighted by molar-refractivity contribution is 14.0. The molecule has 3 heterocycles. The molecule has 27 heavy (non-hydrogen) atoms. The van der Waals surface area contributed by atoms with Crippen LogP contribution in [0.25, 0.3) is 5.65 Å². The van der Waals surface area contributed by atoms with Crippen LogP contribution >= 0.6 is 24.0 Å². The number of aromatic nitrogens is 3. The molecule has 2 N–H and O–H groups in total. The number of hydrogen-bond acceptors (Lipinski definition) is 4. The van der Waals surface area contributed by atoms with Crippen molar-refractivity contribution in [2.75, 3.05) is 13.6 Å². The smallest absolute Gasteiger partial charge is 0.191 e. The lowest BCUT2D eigenvalue weighted by molar-refractivity contribution is 0.372. The van der Waals surface area contributed by atoms with Crippen LogP contribution in [-0.4, -0.2) is 34.1 Å². The van der Waals surface area contributed by atoms with Crippen LogP contribution in [0.3, 0.4) is 0 Å². The van der Waals surface area contributed by atoms with Gasteiger partial charge in [-0.15, -0.1) is 24.0 Å². The van der Waals surface area contributed by atoms with Crippen molar-refractivity contribution in [1.82, 2.24) is 25.2 Å². The molecule has 0 aliphatic rings. The van der Waals surface area contributed by atoms with Crippen LogP contribution in [0.4, 0.5) is 0 Å². The van der Waals surface area contributed by atoms with Crippen LogP contribution < -0.4 is 10.6 Å². The van der Waals surface area contributed by atoms with Crippen LogP contribution in [0, 0.1) is 6.92 Å². The molecule has 0 unspecified atom stereocenters. The third-order valence-corrected chi connectivity index (χ3v) is 4.22.